The predicted octanol–water partition coefficient (Wildman–Crippen LogP) is 1.38. The van der Waals surface area contributed by atoms with Crippen molar-refractivity contribution < 1.29 is 8.78 Å². The first-order valence-corrected chi connectivity index (χ1v) is 3.24. The molecule has 0 aromatic rings. The van der Waals surface area contributed by atoms with Crippen molar-refractivity contribution in [1.29, 1.82) is 0 Å². The van der Waals surface area contributed by atoms with Crippen LogP contribution in [0.4, 0.5) is 8.78 Å². The fraction of sp³-hybridized carbons (Fsp3) is 1.00. The van der Waals surface area contributed by atoms with Gasteiger partial charge in [-0.2, -0.15) is 0 Å². The van der Waals surface area contributed by atoms with Crippen molar-refractivity contribution in [2.24, 2.45) is 11.7 Å². The van der Waals surface area contributed by atoms with Gasteiger partial charge < -0.3 is 5.73 Å². The van der Waals surface area contributed by atoms with Crippen LogP contribution < -0.4 is 5.73 Å². The Morgan fingerprint density at radius 3 is 2.22 bits per heavy atom. The minimum Gasteiger partial charge on any atom is -0.328 e. The molecule has 0 bridgehead atoms. The topological polar surface area (TPSA) is 26.0 Å². The molecule has 1 fully saturated rings. The molecule has 2 atom stereocenters. The molecule has 1 rings (SSSR count). The number of alkyl halides is 2. The van der Waals surface area contributed by atoms with Gasteiger partial charge in [-0.25, -0.2) is 8.78 Å². The Balaban J connectivity index is 2.30. The minimum atomic E-state index is -2.15. The molecule has 1 unspecified atom stereocenters. The SMILES string of the molecule is NC1CC[C@@H](C(F)F)C1. The molecule has 1 aliphatic rings. The maximum Gasteiger partial charge on any atom is 0.241 e. The van der Waals surface area contributed by atoms with Gasteiger partial charge in [-0.3, -0.25) is 0 Å². The van der Waals surface area contributed by atoms with E-state index in [-0.39, 0.29) is 6.04 Å². The van der Waals surface area contributed by atoms with Crippen LogP contribution in [0.2, 0.25) is 0 Å². The Morgan fingerprint density at radius 2 is 2.00 bits per heavy atom. The van der Waals surface area contributed by atoms with Crippen molar-refractivity contribution >= 4 is 0 Å². The molecule has 9 heavy (non-hydrogen) atoms. The zero-order valence-corrected chi connectivity index (χ0v) is 5.19. The molecule has 1 saturated carbocycles. The van der Waals surface area contributed by atoms with Crippen LogP contribution in [0.1, 0.15) is 19.3 Å². The molecule has 54 valence electrons. The Morgan fingerprint density at radius 1 is 1.33 bits per heavy atom. The monoisotopic (exact) mass is 135 g/mol. The van der Waals surface area contributed by atoms with E-state index in [1.54, 1.807) is 0 Å². The molecule has 1 nitrogen and oxygen atoms in total. The van der Waals surface area contributed by atoms with Crippen LogP contribution >= 0.6 is 0 Å². The molecular weight excluding hydrogens is 124 g/mol. The fourth-order valence-electron chi connectivity index (χ4n) is 1.28. The van der Waals surface area contributed by atoms with Crippen molar-refractivity contribution in [3.63, 3.8) is 0 Å². The Hall–Kier alpha value is -0.180. The second-order valence-corrected chi connectivity index (χ2v) is 2.67. The first-order valence-electron chi connectivity index (χ1n) is 3.24. The zero-order valence-electron chi connectivity index (χ0n) is 5.19. The maximum atomic E-state index is 11.9. The summed E-state index contributed by atoms with van der Waals surface area (Å²) >= 11 is 0. The van der Waals surface area contributed by atoms with Crippen molar-refractivity contribution in [2.75, 3.05) is 0 Å². The average molecular weight is 135 g/mol. The molecule has 0 aromatic heterocycles. The van der Waals surface area contributed by atoms with Gasteiger partial charge in [0.25, 0.3) is 0 Å². The average Bonchev–Trinajstić information content (AvgIpc) is 2.14. The number of nitrogens with two attached hydrogens (primary N) is 1. The van der Waals surface area contributed by atoms with Gasteiger partial charge >= 0.3 is 0 Å². The second kappa shape index (κ2) is 2.60. The largest absolute Gasteiger partial charge is 0.328 e. The van der Waals surface area contributed by atoms with Crippen LogP contribution in [0.15, 0.2) is 0 Å². The molecule has 0 spiro atoms. The van der Waals surface area contributed by atoms with Crippen LogP contribution in [0.3, 0.4) is 0 Å². The first kappa shape index (κ1) is 6.93. The van der Waals surface area contributed by atoms with Crippen LogP contribution in [0, 0.1) is 5.92 Å². The normalized spacial score (nSPS) is 36.0. The summed E-state index contributed by atoms with van der Waals surface area (Å²) < 4.78 is 23.7. The van der Waals surface area contributed by atoms with Gasteiger partial charge in [0.1, 0.15) is 0 Å². The Labute approximate surface area is 53.2 Å². The van der Waals surface area contributed by atoms with Gasteiger partial charge in [0.05, 0.1) is 0 Å². The summed E-state index contributed by atoms with van der Waals surface area (Å²) in [6.45, 7) is 0. The van der Waals surface area contributed by atoms with E-state index in [0.29, 0.717) is 12.8 Å². The highest BCUT2D eigenvalue weighted by Crippen LogP contribution is 2.28. The highest BCUT2D eigenvalue weighted by atomic mass is 19.3. The summed E-state index contributed by atoms with van der Waals surface area (Å²) in [5.74, 6) is -0.417. The lowest BCUT2D eigenvalue weighted by Gasteiger charge is -2.05. The molecule has 0 saturated heterocycles. The first-order chi connectivity index (χ1) is 4.20. The maximum absolute atomic E-state index is 11.9. The summed E-state index contributed by atoms with van der Waals surface area (Å²) in [5, 5.41) is 0. The number of hydrogen-bond donors (Lipinski definition) is 1. The zero-order chi connectivity index (χ0) is 6.85. The van der Waals surface area contributed by atoms with E-state index in [4.69, 9.17) is 5.73 Å². The number of hydrogen-bond acceptors (Lipinski definition) is 1. The van der Waals surface area contributed by atoms with Gasteiger partial charge in [-0.05, 0) is 19.3 Å². The molecule has 0 heterocycles. The minimum absolute atomic E-state index is 0.0315. The molecule has 2 N–H and O–H groups in total. The lowest BCUT2D eigenvalue weighted by atomic mass is 10.1. The van der Waals surface area contributed by atoms with Gasteiger partial charge in [0.15, 0.2) is 0 Å². The predicted molar refractivity (Wildman–Crippen MR) is 31.3 cm³/mol. The quantitative estimate of drug-likeness (QED) is 0.577. The van der Waals surface area contributed by atoms with Crippen molar-refractivity contribution in [3.05, 3.63) is 0 Å². The van der Waals surface area contributed by atoms with E-state index in [1.807, 2.05) is 0 Å². The van der Waals surface area contributed by atoms with Crippen LogP contribution in [0.5, 0.6) is 0 Å². The third kappa shape index (κ3) is 1.61. The molecule has 0 amide bonds. The van der Waals surface area contributed by atoms with Gasteiger partial charge in [0.2, 0.25) is 6.43 Å². The van der Waals surface area contributed by atoms with Gasteiger partial charge in [0, 0.05) is 12.0 Å². The van der Waals surface area contributed by atoms with Gasteiger partial charge in [-0.15, -0.1) is 0 Å². The standard InChI is InChI=1S/C6H11F2N/c7-6(8)4-1-2-5(9)3-4/h4-6H,1-3,9H2/t4-,5?/m1/s1. The Bertz CT molecular complexity index is 95.1. The third-order valence-electron chi connectivity index (χ3n) is 1.87. The van der Waals surface area contributed by atoms with E-state index in [9.17, 15) is 8.78 Å². The van der Waals surface area contributed by atoms with Crippen LogP contribution in [-0.2, 0) is 0 Å². The molecule has 0 aliphatic heterocycles. The van der Waals surface area contributed by atoms with Crippen LogP contribution in [-0.4, -0.2) is 12.5 Å². The summed E-state index contributed by atoms with van der Waals surface area (Å²) in [4.78, 5) is 0. The van der Waals surface area contributed by atoms with E-state index in [2.05, 4.69) is 0 Å². The lowest BCUT2D eigenvalue weighted by molar-refractivity contribution is 0.0800. The van der Waals surface area contributed by atoms with E-state index < -0.39 is 12.3 Å². The molecule has 1 aliphatic carbocycles. The Kier molecular flexibility index (Phi) is 2.01. The summed E-state index contributed by atoms with van der Waals surface area (Å²) in [7, 11) is 0. The summed E-state index contributed by atoms with van der Waals surface area (Å²) in [6, 6.07) is 0.0315. The highest BCUT2D eigenvalue weighted by molar-refractivity contribution is 4.78. The summed E-state index contributed by atoms with van der Waals surface area (Å²) in [6.07, 6.45) is -0.260. The van der Waals surface area contributed by atoms with E-state index in [0.717, 1.165) is 6.42 Å². The van der Waals surface area contributed by atoms with Crippen molar-refractivity contribution in [2.45, 2.75) is 31.7 Å². The van der Waals surface area contributed by atoms with Gasteiger partial charge in [-0.1, -0.05) is 0 Å². The van der Waals surface area contributed by atoms with Crippen molar-refractivity contribution in [1.82, 2.24) is 0 Å². The number of rotatable bonds is 1. The molecular formula is C6H11F2N. The number of halogens is 2. The highest BCUT2D eigenvalue weighted by Gasteiger charge is 2.28. The fourth-order valence-corrected chi connectivity index (χ4v) is 1.28. The second-order valence-electron chi connectivity index (χ2n) is 2.67. The summed E-state index contributed by atoms with van der Waals surface area (Å²) in [5.41, 5.74) is 5.43. The lowest BCUT2D eigenvalue weighted by Crippen LogP contribution is -2.16. The van der Waals surface area contributed by atoms with Crippen LogP contribution in [0.25, 0.3) is 0 Å². The van der Waals surface area contributed by atoms with Crippen molar-refractivity contribution in [3.8, 4) is 0 Å². The van der Waals surface area contributed by atoms with E-state index >= 15 is 0 Å². The smallest absolute Gasteiger partial charge is 0.241 e. The molecule has 0 aromatic carbocycles. The molecule has 3 heteroatoms. The molecule has 0 radical (unpaired) electrons. The third-order valence-corrected chi connectivity index (χ3v) is 1.87. The van der Waals surface area contributed by atoms with E-state index in [1.165, 1.54) is 0 Å².